The van der Waals surface area contributed by atoms with E-state index < -0.39 is 12.1 Å². The number of fused-ring (bicyclic) bond motifs is 1. The summed E-state index contributed by atoms with van der Waals surface area (Å²) in [4.78, 5) is 22.4. The summed E-state index contributed by atoms with van der Waals surface area (Å²) in [6.45, 7) is 0. The van der Waals surface area contributed by atoms with Crippen LogP contribution in [0.4, 0.5) is 5.69 Å². The van der Waals surface area contributed by atoms with Crippen LogP contribution in [0.15, 0.2) is 18.2 Å². The molecule has 5 nitrogen and oxygen atoms in total. The molecule has 0 saturated carbocycles. The molecule has 0 aliphatic carbocycles. The van der Waals surface area contributed by atoms with Gasteiger partial charge in [-0.2, -0.15) is 0 Å². The maximum atomic E-state index is 11.2. The van der Waals surface area contributed by atoms with Gasteiger partial charge in [0.05, 0.1) is 7.11 Å². The maximum absolute atomic E-state index is 11.2. The van der Waals surface area contributed by atoms with Crippen LogP contribution >= 0.6 is 0 Å². The number of aliphatic hydroxyl groups excluding tert-OH is 1. The molecule has 0 fully saturated rings. The zero-order valence-corrected chi connectivity index (χ0v) is 9.40. The van der Waals surface area contributed by atoms with Crippen molar-refractivity contribution in [3.05, 3.63) is 29.3 Å². The zero-order valence-electron chi connectivity index (χ0n) is 9.40. The van der Waals surface area contributed by atoms with Crippen LogP contribution in [0.5, 0.6) is 0 Å². The van der Waals surface area contributed by atoms with E-state index in [1.165, 1.54) is 7.11 Å². The van der Waals surface area contributed by atoms with Crippen LogP contribution in [0.3, 0.4) is 0 Å². The summed E-state index contributed by atoms with van der Waals surface area (Å²) >= 11 is 0. The third-order valence-electron chi connectivity index (χ3n) is 2.77. The third kappa shape index (κ3) is 2.29. The summed E-state index contributed by atoms with van der Waals surface area (Å²) in [5.74, 6) is -0.769. The second-order valence-corrected chi connectivity index (χ2v) is 3.89. The van der Waals surface area contributed by atoms with Crippen molar-refractivity contribution in [1.82, 2.24) is 0 Å². The van der Waals surface area contributed by atoms with E-state index in [1.54, 1.807) is 18.2 Å². The largest absolute Gasteiger partial charge is 0.467 e. The van der Waals surface area contributed by atoms with Crippen molar-refractivity contribution in [3.8, 4) is 0 Å². The minimum absolute atomic E-state index is 0.0535. The number of hydrogen-bond donors (Lipinski definition) is 2. The Hall–Kier alpha value is -1.88. The molecule has 0 saturated heterocycles. The molecule has 1 aromatic carbocycles. The number of amides is 1. The molecule has 5 heteroatoms. The number of aryl methyl sites for hydroxylation is 1. The molecule has 1 amide bonds. The number of anilines is 1. The number of hydrogen-bond acceptors (Lipinski definition) is 4. The van der Waals surface area contributed by atoms with Gasteiger partial charge >= 0.3 is 5.97 Å². The number of aliphatic hydroxyl groups is 1. The van der Waals surface area contributed by atoms with E-state index in [-0.39, 0.29) is 5.91 Å². The second-order valence-electron chi connectivity index (χ2n) is 3.89. The molecule has 90 valence electrons. The van der Waals surface area contributed by atoms with Gasteiger partial charge in [0.15, 0.2) is 6.10 Å². The summed E-state index contributed by atoms with van der Waals surface area (Å²) in [6, 6.07) is 5.07. The number of esters is 1. The normalized spacial score (nSPS) is 15.8. The summed E-state index contributed by atoms with van der Waals surface area (Å²) in [5.41, 5.74) is 2.07. The number of carbonyl (C=O) groups is 2. The number of rotatable bonds is 2. The number of ether oxygens (including phenoxy) is 1. The van der Waals surface area contributed by atoms with E-state index in [1.807, 2.05) is 0 Å². The molecule has 1 heterocycles. The molecule has 0 spiro atoms. The van der Waals surface area contributed by atoms with Gasteiger partial charge < -0.3 is 15.2 Å². The molecule has 2 rings (SSSR count). The molecule has 0 radical (unpaired) electrons. The standard InChI is InChI=1S/C12H13NO4/c1-17-12(16)11(15)8-3-2-7-4-5-10(14)13-9(7)6-8/h2-3,6,11,15H,4-5H2,1H3,(H,13,14). The van der Waals surface area contributed by atoms with Crippen molar-refractivity contribution >= 4 is 17.6 Å². The van der Waals surface area contributed by atoms with E-state index in [2.05, 4.69) is 10.1 Å². The smallest absolute Gasteiger partial charge is 0.339 e. The van der Waals surface area contributed by atoms with Gasteiger partial charge in [-0.15, -0.1) is 0 Å². The Morgan fingerprint density at radius 2 is 2.24 bits per heavy atom. The first kappa shape index (κ1) is 11.6. The molecule has 17 heavy (non-hydrogen) atoms. The first-order valence-electron chi connectivity index (χ1n) is 5.30. The number of carbonyl (C=O) groups excluding carboxylic acids is 2. The lowest BCUT2D eigenvalue weighted by molar-refractivity contribution is -0.150. The molecule has 1 aliphatic rings. The van der Waals surface area contributed by atoms with Crippen LogP contribution in [0.25, 0.3) is 0 Å². The number of methoxy groups -OCH3 is 1. The van der Waals surface area contributed by atoms with Gasteiger partial charge in [0.1, 0.15) is 0 Å². The Balaban J connectivity index is 2.29. The van der Waals surface area contributed by atoms with E-state index in [4.69, 9.17) is 0 Å². The van der Waals surface area contributed by atoms with Gasteiger partial charge in [0.2, 0.25) is 5.91 Å². The zero-order chi connectivity index (χ0) is 12.4. The van der Waals surface area contributed by atoms with Crippen molar-refractivity contribution in [2.75, 3.05) is 12.4 Å². The van der Waals surface area contributed by atoms with Crippen molar-refractivity contribution in [3.63, 3.8) is 0 Å². The molecule has 0 bridgehead atoms. The predicted octanol–water partition coefficient (Wildman–Crippen LogP) is 0.778. The Morgan fingerprint density at radius 3 is 2.94 bits per heavy atom. The monoisotopic (exact) mass is 235 g/mol. The van der Waals surface area contributed by atoms with Crippen LogP contribution in [-0.2, 0) is 20.7 Å². The number of benzene rings is 1. The molecule has 1 aliphatic heterocycles. The highest BCUT2D eigenvalue weighted by molar-refractivity contribution is 5.94. The average Bonchev–Trinajstić information content (AvgIpc) is 2.36. The Kier molecular flexibility index (Phi) is 3.10. The highest BCUT2D eigenvalue weighted by Crippen LogP contribution is 2.26. The molecular formula is C12H13NO4. The van der Waals surface area contributed by atoms with E-state index in [0.717, 1.165) is 5.56 Å². The third-order valence-corrected chi connectivity index (χ3v) is 2.77. The fourth-order valence-corrected chi connectivity index (χ4v) is 1.81. The lowest BCUT2D eigenvalue weighted by atomic mass is 9.99. The molecule has 1 atom stereocenters. The second kappa shape index (κ2) is 4.55. The topological polar surface area (TPSA) is 75.6 Å². The highest BCUT2D eigenvalue weighted by Gasteiger charge is 2.21. The van der Waals surface area contributed by atoms with Crippen molar-refractivity contribution in [2.45, 2.75) is 18.9 Å². The van der Waals surface area contributed by atoms with Crippen molar-refractivity contribution in [2.24, 2.45) is 0 Å². The fourth-order valence-electron chi connectivity index (χ4n) is 1.81. The molecule has 0 aromatic heterocycles. The molecule has 1 aromatic rings. The Morgan fingerprint density at radius 1 is 1.47 bits per heavy atom. The van der Waals surface area contributed by atoms with E-state index >= 15 is 0 Å². The van der Waals surface area contributed by atoms with Gasteiger partial charge in [-0.1, -0.05) is 12.1 Å². The molecule has 1 unspecified atom stereocenters. The van der Waals surface area contributed by atoms with Crippen molar-refractivity contribution in [1.29, 1.82) is 0 Å². The SMILES string of the molecule is COC(=O)C(O)c1ccc2c(c1)NC(=O)CC2. The van der Waals surface area contributed by atoms with Gasteiger partial charge in [0, 0.05) is 12.1 Å². The molecule has 2 N–H and O–H groups in total. The van der Waals surface area contributed by atoms with Crippen molar-refractivity contribution < 1.29 is 19.4 Å². The lowest BCUT2D eigenvalue weighted by Crippen LogP contribution is -2.20. The van der Waals surface area contributed by atoms with Gasteiger partial charge in [-0.05, 0) is 23.6 Å². The van der Waals surface area contributed by atoms with Crippen LogP contribution in [-0.4, -0.2) is 24.1 Å². The predicted molar refractivity (Wildman–Crippen MR) is 60.4 cm³/mol. The summed E-state index contributed by atoms with van der Waals surface area (Å²) in [7, 11) is 1.21. The minimum Gasteiger partial charge on any atom is -0.467 e. The van der Waals surface area contributed by atoms with Crippen LogP contribution < -0.4 is 5.32 Å². The Bertz CT molecular complexity index is 470. The Labute approximate surface area is 98.4 Å². The fraction of sp³-hybridized carbons (Fsp3) is 0.333. The number of nitrogens with one attached hydrogen (secondary N) is 1. The van der Waals surface area contributed by atoms with E-state index in [9.17, 15) is 14.7 Å². The maximum Gasteiger partial charge on any atom is 0.339 e. The van der Waals surface area contributed by atoms with Gasteiger partial charge in [-0.3, -0.25) is 4.79 Å². The van der Waals surface area contributed by atoms with Gasteiger partial charge in [-0.25, -0.2) is 4.79 Å². The summed E-state index contributed by atoms with van der Waals surface area (Å²) in [6.07, 6.45) is -0.175. The first-order chi connectivity index (χ1) is 8.11. The quantitative estimate of drug-likeness (QED) is 0.743. The van der Waals surface area contributed by atoms with Gasteiger partial charge in [0.25, 0.3) is 0 Å². The highest BCUT2D eigenvalue weighted by atomic mass is 16.5. The first-order valence-corrected chi connectivity index (χ1v) is 5.30. The summed E-state index contributed by atoms with van der Waals surface area (Å²) in [5, 5.41) is 12.4. The van der Waals surface area contributed by atoms with Crippen LogP contribution in [0.2, 0.25) is 0 Å². The lowest BCUT2D eigenvalue weighted by Gasteiger charge is -2.18. The minimum atomic E-state index is -1.32. The summed E-state index contributed by atoms with van der Waals surface area (Å²) < 4.78 is 4.46. The van der Waals surface area contributed by atoms with E-state index in [0.29, 0.717) is 24.1 Å². The molecular weight excluding hydrogens is 222 g/mol. The average molecular weight is 235 g/mol. The van der Waals surface area contributed by atoms with Crippen LogP contribution in [0.1, 0.15) is 23.7 Å². The van der Waals surface area contributed by atoms with Crippen LogP contribution in [0, 0.1) is 0 Å².